The summed E-state index contributed by atoms with van der Waals surface area (Å²) in [6, 6.07) is 44.3. The van der Waals surface area contributed by atoms with Crippen LogP contribution in [0.2, 0.25) is 0 Å². The highest BCUT2D eigenvalue weighted by molar-refractivity contribution is 6.37. The number of pyridine rings is 1. The molecule has 0 fully saturated rings. The Bertz CT molecular complexity index is 3180. The van der Waals surface area contributed by atoms with E-state index in [9.17, 15) is 0 Å². The molecule has 48 heavy (non-hydrogen) atoms. The van der Waals surface area contributed by atoms with Crippen molar-refractivity contribution >= 4 is 87.4 Å². The molecule has 0 saturated carbocycles. The van der Waals surface area contributed by atoms with Crippen molar-refractivity contribution in [1.29, 1.82) is 0 Å². The molecule has 0 saturated heterocycles. The molecule has 11 aromatic rings. The fourth-order valence-corrected chi connectivity index (χ4v) is 7.94. The molecular formula is C42H22N6. The number of aromatic nitrogens is 5. The molecule has 5 aromatic heterocycles. The first-order valence-electron chi connectivity index (χ1n) is 15.9. The second kappa shape index (κ2) is 9.12. The van der Waals surface area contributed by atoms with Crippen LogP contribution in [0.3, 0.4) is 0 Å². The van der Waals surface area contributed by atoms with Crippen LogP contribution in [-0.2, 0) is 0 Å². The van der Waals surface area contributed by atoms with Crippen molar-refractivity contribution in [3.05, 3.63) is 145 Å². The predicted molar refractivity (Wildman–Crippen MR) is 196 cm³/mol. The summed E-state index contributed by atoms with van der Waals surface area (Å²) in [5.41, 5.74) is 8.65. The molecule has 0 atom stereocenters. The first kappa shape index (κ1) is 25.4. The summed E-state index contributed by atoms with van der Waals surface area (Å²) in [7, 11) is 0. The third kappa shape index (κ3) is 3.17. The maximum absolute atomic E-state index is 7.43. The minimum atomic E-state index is 0.559. The van der Waals surface area contributed by atoms with E-state index < -0.39 is 0 Å². The number of rotatable bonds is 2. The van der Waals surface area contributed by atoms with Crippen LogP contribution < -0.4 is 0 Å². The predicted octanol–water partition coefficient (Wildman–Crippen LogP) is 10.6. The summed E-state index contributed by atoms with van der Waals surface area (Å²) in [4.78, 5) is 18.7. The van der Waals surface area contributed by atoms with Crippen LogP contribution in [0.1, 0.15) is 0 Å². The first-order valence-corrected chi connectivity index (χ1v) is 15.9. The Hall–Kier alpha value is -6.84. The minimum absolute atomic E-state index is 0.559. The van der Waals surface area contributed by atoms with Crippen LogP contribution in [0.4, 0.5) is 5.69 Å². The SMILES string of the molecule is [C-]#[N+]c1ccc(-c2nc(-n3c4ccccc4c4c5c6ccc7ccccc7c6n6c7ccccc7c(cc43)c56)nc3ncccc23)cc1. The van der Waals surface area contributed by atoms with Gasteiger partial charge in [0.15, 0.2) is 11.3 Å². The van der Waals surface area contributed by atoms with Gasteiger partial charge in [0.05, 0.1) is 39.8 Å². The smallest absolute Gasteiger partial charge is 0.237 e. The molecule has 0 unspecified atom stereocenters. The molecule has 0 N–H and O–H groups in total. The monoisotopic (exact) mass is 610 g/mol. The van der Waals surface area contributed by atoms with Gasteiger partial charge in [-0.2, -0.15) is 4.98 Å². The van der Waals surface area contributed by atoms with Gasteiger partial charge in [0.1, 0.15) is 0 Å². The lowest BCUT2D eigenvalue weighted by Gasteiger charge is -2.11. The zero-order valence-electron chi connectivity index (χ0n) is 25.4. The molecule has 0 aliphatic heterocycles. The van der Waals surface area contributed by atoms with Crippen LogP contribution in [0.25, 0.3) is 104 Å². The quantitative estimate of drug-likeness (QED) is 0.183. The molecule has 6 nitrogen and oxygen atoms in total. The van der Waals surface area contributed by atoms with Crippen LogP contribution in [-0.4, -0.2) is 23.9 Å². The molecule has 6 aromatic carbocycles. The van der Waals surface area contributed by atoms with Crippen molar-refractivity contribution in [2.24, 2.45) is 0 Å². The van der Waals surface area contributed by atoms with Gasteiger partial charge in [-0.25, -0.2) is 14.8 Å². The summed E-state index contributed by atoms with van der Waals surface area (Å²) < 4.78 is 4.68. The Balaban J connectivity index is 1.35. The molecule has 220 valence electrons. The van der Waals surface area contributed by atoms with Crippen LogP contribution in [0, 0.1) is 6.57 Å². The van der Waals surface area contributed by atoms with Gasteiger partial charge >= 0.3 is 0 Å². The summed E-state index contributed by atoms with van der Waals surface area (Å²) in [6.45, 7) is 7.43. The van der Waals surface area contributed by atoms with E-state index in [-0.39, 0.29) is 0 Å². The molecule has 5 heterocycles. The number of nitrogens with zero attached hydrogens (tertiary/aromatic N) is 6. The average molecular weight is 611 g/mol. The third-order valence-corrected chi connectivity index (χ3v) is 9.92. The summed E-state index contributed by atoms with van der Waals surface area (Å²) in [5.74, 6) is 0.559. The van der Waals surface area contributed by atoms with Gasteiger partial charge in [0, 0.05) is 49.3 Å². The topological polar surface area (TPSA) is 52.4 Å². The molecule has 0 amide bonds. The average Bonchev–Trinajstić information content (AvgIpc) is 3.79. The van der Waals surface area contributed by atoms with Gasteiger partial charge in [0.2, 0.25) is 5.95 Å². The van der Waals surface area contributed by atoms with Crippen LogP contribution in [0.15, 0.2) is 134 Å². The van der Waals surface area contributed by atoms with Gasteiger partial charge in [-0.05, 0) is 41.3 Å². The number of para-hydroxylation sites is 2. The number of fused-ring (bicyclic) bond motifs is 13. The third-order valence-electron chi connectivity index (χ3n) is 9.92. The maximum Gasteiger partial charge on any atom is 0.237 e. The number of hydrogen-bond acceptors (Lipinski definition) is 3. The van der Waals surface area contributed by atoms with Crippen LogP contribution in [0.5, 0.6) is 0 Å². The van der Waals surface area contributed by atoms with E-state index in [1.54, 1.807) is 6.20 Å². The highest BCUT2D eigenvalue weighted by atomic mass is 15.2. The highest BCUT2D eigenvalue weighted by Gasteiger charge is 2.26. The molecule has 0 radical (unpaired) electrons. The van der Waals surface area contributed by atoms with Crippen molar-refractivity contribution in [2.75, 3.05) is 0 Å². The lowest BCUT2D eigenvalue weighted by molar-refractivity contribution is 1.01. The zero-order valence-corrected chi connectivity index (χ0v) is 25.4. The van der Waals surface area contributed by atoms with Crippen LogP contribution >= 0.6 is 0 Å². The van der Waals surface area contributed by atoms with E-state index in [1.165, 1.54) is 54.3 Å². The maximum atomic E-state index is 7.43. The minimum Gasteiger partial charge on any atom is -0.307 e. The van der Waals surface area contributed by atoms with Gasteiger partial charge in [-0.15, -0.1) is 0 Å². The van der Waals surface area contributed by atoms with Crippen molar-refractivity contribution in [2.45, 2.75) is 0 Å². The largest absolute Gasteiger partial charge is 0.307 e. The molecule has 6 heteroatoms. The Labute approximate surface area is 272 Å². The Morgan fingerprint density at radius 2 is 1.29 bits per heavy atom. The fraction of sp³-hybridized carbons (Fsp3) is 0. The van der Waals surface area contributed by atoms with Crippen molar-refractivity contribution < 1.29 is 0 Å². The summed E-state index contributed by atoms with van der Waals surface area (Å²) >= 11 is 0. The van der Waals surface area contributed by atoms with E-state index >= 15 is 0 Å². The van der Waals surface area contributed by atoms with E-state index in [0.29, 0.717) is 17.3 Å². The lowest BCUT2D eigenvalue weighted by Crippen LogP contribution is -2.04. The van der Waals surface area contributed by atoms with Crippen molar-refractivity contribution in [3.8, 4) is 17.2 Å². The van der Waals surface area contributed by atoms with E-state index in [4.69, 9.17) is 21.5 Å². The zero-order chi connectivity index (χ0) is 31.5. The van der Waals surface area contributed by atoms with Gasteiger partial charge in [-0.3, -0.25) is 4.57 Å². The Kier molecular flexibility index (Phi) is 4.82. The second-order valence-electron chi connectivity index (χ2n) is 12.3. The standard InChI is InChI=1S/C42H22N6/c1-43-26-19-16-25(17-20-26)38-31-13-8-22-44-41(31)46-42(45-38)47-34-15-7-5-12-29(34)36-35(47)23-32-28-11-4-6-14-33(28)48-39-27-10-3-2-9-24(27)18-21-30(39)37(36)40(32)48/h2-23H. The van der Waals surface area contributed by atoms with E-state index in [0.717, 1.165) is 33.1 Å². The second-order valence-corrected chi connectivity index (χ2v) is 12.3. The first-order chi connectivity index (χ1) is 23.8. The normalized spacial score (nSPS) is 12.1. The fourth-order valence-electron chi connectivity index (χ4n) is 7.94. The summed E-state index contributed by atoms with van der Waals surface area (Å²) in [5, 5.41) is 10.5. The summed E-state index contributed by atoms with van der Waals surface area (Å²) in [6.07, 6.45) is 1.77. The number of hydrogen-bond donors (Lipinski definition) is 0. The van der Waals surface area contributed by atoms with Gasteiger partial charge in [-0.1, -0.05) is 97.1 Å². The number of benzene rings is 6. The Morgan fingerprint density at radius 1 is 0.542 bits per heavy atom. The van der Waals surface area contributed by atoms with Crippen molar-refractivity contribution in [3.63, 3.8) is 0 Å². The van der Waals surface area contributed by atoms with E-state index in [1.807, 2.05) is 36.4 Å². The molecule has 11 rings (SSSR count). The van der Waals surface area contributed by atoms with Gasteiger partial charge < -0.3 is 4.40 Å². The molecule has 0 bridgehead atoms. The molecule has 0 aliphatic carbocycles. The Morgan fingerprint density at radius 3 is 2.15 bits per heavy atom. The molecule has 0 spiro atoms. The van der Waals surface area contributed by atoms with Gasteiger partial charge in [0.25, 0.3) is 0 Å². The lowest BCUT2D eigenvalue weighted by atomic mass is 10.0. The van der Waals surface area contributed by atoms with Crippen molar-refractivity contribution in [1.82, 2.24) is 23.9 Å². The molecule has 0 aliphatic rings. The molecular weight excluding hydrogens is 589 g/mol. The highest BCUT2D eigenvalue weighted by Crippen LogP contribution is 2.47. The van der Waals surface area contributed by atoms with E-state index in [2.05, 4.69) is 105 Å².